The molecule has 0 bridgehead atoms. The first-order valence-electron chi connectivity index (χ1n) is 8.40. The summed E-state index contributed by atoms with van der Waals surface area (Å²) in [5, 5.41) is 2.90. The Balaban J connectivity index is 1.66. The number of hydrogen-bond donors (Lipinski definition) is 1. The maximum atomic E-state index is 12.2. The average molecular weight is 344 g/mol. The van der Waals surface area contributed by atoms with Crippen molar-refractivity contribution in [3.8, 4) is 11.5 Å². The molecule has 1 unspecified atom stereocenters. The van der Waals surface area contributed by atoms with E-state index in [0.29, 0.717) is 13.1 Å². The third kappa shape index (κ3) is 3.79. The Labute approximate surface area is 147 Å². The number of carbonyl (C=O) groups is 1. The lowest BCUT2D eigenvalue weighted by Crippen LogP contribution is -2.41. The molecule has 0 saturated carbocycles. The number of fused-ring (bicyclic) bond motifs is 1. The number of carbonyl (C=O) groups excluding carboxylic acids is 1. The Morgan fingerprint density at radius 2 is 2.08 bits per heavy atom. The first-order valence-corrected chi connectivity index (χ1v) is 8.40. The summed E-state index contributed by atoms with van der Waals surface area (Å²) in [5.41, 5.74) is 2.43. The molecule has 6 heteroatoms. The van der Waals surface area contributed by atoms with Crippen LogP contribution in [0.25, 0.3) is 0 Å². The first kappa shape index (κ1) is 17.4. The second-order valence-electron chi connectivity index (χ2n) is 6.16. The molecule has 1 atom stereocenters. The van der Waals surface area contributed by atoms with Gasteiger partial charge in [-0.25, -0.2) is 0 Å². The van der Waals surface area contributed by atoms with Crippen molar-refractivity contribution in [3.05, 3.63) is 47.4 Å². The lowest BCUT2D eigenvalue weighted by Gasteiger charge is -2.35. The van der Waals surface area contributed by atoms with Gasteiger partial charge in [0.25, 0.3) is 0 Å². The zero-order valence-corrected chi connectivity index (χ0v) is 14.9. The van der Waals surface area contributed by atoms with E-state index in [1.54, 1.807) is 20.5 Å². The van der Waals surface area contributed by atoms with E-state index in [1.807, 2.05) is 24.3 Å². The molecule has 0 aliphatic carbocycles. The summed E-state index contributed by atoms with van der Waals surface area (Å²) in [6, 6.07) is 7.86. The minimum atomic E-state index is -0.00724. The Morgan fingerprint density at radius 3 is 2.76 bits per heavy atom. The average Bonchev–Trinajstić information content (AvgIpc) is 3.15. The minimum Gasteiger partial charge on any atom is -0.493 e. The number of furan rings is 1. The smallest absolute Gasteiger partial charge is 0.234 e. The second kappa shape index (κ2) is 7.61. The zero-order valence-electron chi connectivity index (χ0n) is 14.9. The van der Waals surface area contributed by atoms with E-state index >= 15 is 0 Å². The first-order chi connectivity index (χ1) is 12.1. The molecule has 25 heavy (non-hydrogen) atoms. The van der Waals surface area contributed by atoms with Gasteiger partial charge < -0.3 is 19.2 Å². The lowest BCUT2D eigenvalue weighted by molar-refractivity contribution is -0.123. The van der Waals surface area contributed by atoms with Crippen LogP contribution in [0.4, 0.5) is 0 Å². The quantitative estimate of drug-likeness (QED) is 0.872. The molecular weight excluding hydrogens is 320 g/mol. The second-order valence-corrected chi connectivity index (χ2v) is 6.16. The molecule has 0 radical (unpaired) electrons. The van der Waals surface area contributed by atoms with E-state index < -0.39 is 0 Å². The van der Waals surface area contributed by atoms with Gasteiger partial charge in [-0.1, -0.05) is 0 Å². The van der Waals surface area contributed by atoms with Crippen molar-refractivity contribution in [2.45, 2.75) is 25.9 Å². The number of benzene rings is 1. The van der Waals surface area contributed by atoms with Crippen molar-refractivity contribution in [2.24, 2.45) is 0 Å². The Morgan fingerprint density at radius 1 is 1.32 bits per heavy atom. The van der Waals surface area contributed by atoms with Crippen LogP contribution in [0.2, 0.25) is 0 Å². The Bertz CT molecular complexity index is 727. The number of hydrogen-bond acceptors (Lipinski definition) is 5. The number of nitrogens with one attached hydrogen (secondary N) is 1. The van der Waals surface area contributed by atoms with Crippen LogP contribution in [0.5, 0.6) is 11.5 Å². The van der Waals surface area contributed by atoms with Crippen LogP contribution in [-0.2, 0) is 17.8 Å². The van der Waals surface area contributed by atoms with E-state index in [-0.39, 0.29) is 11.9 Å². The lowest BCUT2D eigenvalue weighted by atomic mass is 9.93. The monoisotopic (exact) mass is 344 g/mol. The zero-order chi connectivity index (χ0) is 17.8. The van der Waals surface area contributed by atoms with Gasteiger partial charge in [0.05, 0.1) is 33.6 Å². The van der Waals surface area contributed by atoms with Crippen LogP contribution in [0.15, 0.2) is 34.9 Å². The van der Waals surface area contributed by atoms with Crippen LogP contribution in [0, 0.1) is 0 Å². The molecule has 0 saturated heterocycles. The predicted octanol–water partition coefficient (Wildman–Crippen LogP) is 2.53. The third-order valence-corrected chi connectivity index (χ3v) is 4.70. The van der Waals surface area contributed by atoms with E-state index in [1.165, 1.54) is 11.1 Å². The standard InChI is InChI=1S/C19H24N2O4/c1-13-16-10-18(24-3)17(23-2)9-14(16)6-7-21(13)12-19(22)20-11-15-5-4-8-25-15/h4-5,8-10,13H,6-7,11-12H2,1-3H3,(H,20,22). The molecule has 1 aromatic heterocycles. The van der Waals surface area contributed by atoms with E-state index in [0.717, 1.165) is 30.2 Å². The summed E-state index contributed by atoms with van der Waals surface area (Å²) in [7, 11) is 3.28. The maximum absolute atomic E-state index is 12.2. The van der Waals surface area contributed by atoms with Gasteiger partial charge >= 0.3 is 0 Å². The summed E-state index contributed by atoms with van der Waals surface area (Å²) < 4.78 is 16.0. The van der Waals surface area contributed by atoms with Gasteiger partial charge in [0.15, 0.2) is 11.5 Å². The maximum Gasteiger partial charge on any atom is 0.234 e. The summed E-state index contributed by atoms with van der Waals surface area (Å²) in [5.74, 6) is 2.21. The molecule has 1 amide bonds. The van der Waals surface area contributed by atoms with Crippen LogP contribution in [0.3, 0.4) is 0 Å². The molecule has 2 aromatic rings. The van der Waals surface area contributed by atoms with Gasteiger partial charge in [-0.15, -0.1) is 0 Å². The molecule has 1 aliphatic rings. The molecule has 3 rings (SSSR count). The van der Waals surface area contributed by atoms with Crippen molar-refractivity contribution in [3.63, 3.8) is 0 Å². The summed E-state index contributed by atoms with van der Waals surface area (Å²) in [4.78, 5) is 14.4. The highest BCUT2D eigenvalue weighted by molar-refractivity contribution is 5.78. The fraction of sp³-hybridized carbons (Fsp3) is 0.421. The van der Waals surface area contributed by atoms with Gasteiger partial charge in [-0.3, -0.25) is 9.69 Å². The van der Waals surface area contributed by atoms with E-state index in [4.69, 9.17) is 13.9 Å². The van der Waals surface area contributed by atoms with Gasteiger partial charge in [-0.05, 0) is 48.7 Å². The van der Waals surface area contributed by atoms with Crippen LogP contribution < -0.4 is 14.8 Å². The summed E-state index contributed by atoms with van der Waals surface area (Å²) in [6.07, 6.45) is 2.48. The van der Waals surface area contributed by atoms with Gasteiger partial charge in [-0.2, -0.15) is 0 Å². The Hall–Kier alpha value is -2.47. The molecule has 0 spiro atoms. The highest BCUT2D eigenvalue weighted by Gasteiger charge is 2.27. The summed E-state index contributed by atoms with van der Waals surface area (Å²) >= 11 is 0. The third-order valence-electron chi connectivity index (χ3n) is 4.70. The van der Waals surface area contributed by atoms with E-state index in [2.05, 4.69) is 17.1 Å². The van der Waals surface area contributed by atoms with Crippen LogP contribution >= 0.6 is 0 Å². The van der Waals surface area contributed by atoms with Crippen molar-refractivity contribution < 1.29 is 18.7 Å². The number of amides is 1. The topological polar surface area (TPSA) is 63.9 Å². The van der Waals surface area contributed by atoms with Gasteiger partial charge in [0.1, 0.15) is 5.76 Å². The molecule has 0 fully saturated rings. The van der Waals surface area contributed by atoms with Gasteiger partial charge in [0, 0.05) is 12.6 Å². The highest BCUT2D eigenvalue weighted by Crippen LogP contribution is 2.37. The van der Waals surface area contributed by atoms with Crippen LogP contribution in [0.1, 0.15) is 29.9 Å². The van der Waals surface area contributed by atoms with Gasteiger partial charge in [0.2, 0.25) is 5.91 Å². The van der Waals surface area contributed by atoms with Crippen molar-refractivity contribution in [1.29, 1.82) is 0 Å². The summed E-state index contributed by atoms with van der Waals surface area (Å²) in [6.45, 7) is 3.72. The molecule has 6 nitrogen and oxygen atoms in total. The minimum absolute atomic E-state index is 0.00724. The molecule has 134 valence electrons. The molecular formula is C19H24N2O4. The van der Waals surface area contributed by atoms with E-state index in [9.17, 15) is 4.79 Å². The number of methoxy groups -OCH3 is 2. The highest BCUT2D eigenvalue weighted by atomic mass is 16.5. The Kier molecular flexibility index (Phi) is 5.28. The molecule has 1 N–H and O–H groups in total. The fourth-order valence-corrected chi connectivity index (χ4v) is 3.25. The molecule has 1 aliphatic heterocycles. The van der Waals surface area contributed by atoms with Crippen molar-refractivity contribution >= 4 is 5.91 Å². The van der Waals surface area contributed by atoms with Crippen molar-refractivity contribution in [2.75, 3.05) is 27.3 Å². The normalized spacial score (nSPS) is 17.0. The fourth-order valence-electron chi connectivity index (χ4n) is 3.25. The largest absolute Gasteiger partial charge is 0.493 e. The van der Waals surface area contributed by atoms with Crippen LogP contribution in [-0.4, -0.2) is 38.1 Å². The molecule has 2 heterocycles. The number of rotatable bonds is 6. The number of ether oxygens (including phenoxy) is 2. The number of nitrogens with zero attached hydrogens (tertiary/aromatic N) is 1. The predicted molar refractivity (Wildman–Crippen MR) is 93.8 cm³/mol. The van der Waals surface area contributed by atoms with Crippen molar-refractivity contribution in [1.82, 2.24) is 10.2 Å². The SMILES string of the molecule is COc1cc2c(cc1OC)C(C)N(CC(=O)NCc1ccco1)CC2. The molecule has 1 aromatic carbocycles.